The predicted molar refractivity (Wildman–Crippen MR) is 93.6 cm³/mol. The summed E-state index contributed by atoms with van der Waals surface area (Å²) < 4.78 is 27.5. The number of aromatic nitrogens is 2. The average Bonchev–Trinajstić information content (AvgIpc) is 2.84. The Kier molecular flexibility index (Phi) is 3.55. The monoisotopic (exact) mass is 371 g/mol. The first-order chi connectivity index (χ1) is 10.8. The van der Waals surface area contributed by atoms with Crippen molar-refractivity contribution in [3.63, 3.8) is 0 Å². The van der Waals surface area contributed by atoms with Gasteiger partial charge in [0.05, 0.1) is 6.26 Å². The molecule has 0 fully saturated rings. The van der Waals surface area contributed by atoms with Gasteiger partial charge in [0.2, 0.25) is 10.0 Å². The lowest BCUT2D eigenvalue weighted by molar-refractivity contribution is 0.0692. The SMILES string of the molecule is CC1(C)Cc2c(sc3nc(C(=O)O)c(NS(C)(=O)=O)n23)C(C)(C)C1. The van der Waals surface area contributed by atoms with Gasteiger partial charge in [0.15, 0.2) is 16.5 Å². The molecule has 2 aromatic rings. The van der Waals surface area contributed by atoms with E-state index < -0.39 is 16.0 Å². The van der Waals surface area contributed by atoms with E-state index in [1.54, 1.807) is 4.40 Å². The van der Waals surface area contributed by atoms with Gasteiger partial charge in [0.25, 0.3) is 0 Å². The maximum Gasteiger partial charge on any atom is 0.358 e. The number of aromatic carboxylic acids is 1. The minimum Gasteiger partial charge on any atom is -0.476 e. The van der Waals surface area contributed by atoms with E-state index in [-0.39, 0.29) is 22.3 Å². The largest absolute Gasteiger partial charge is 0.476 e. The van der Waals surface area contributed by atoms with Gasteiger partial charge in [-0.3, -0.25) is 9.12 Å². The molecule has 1 aliphatic carbocycles. The number of thiazole rings is 1. The third kappa shape index (κ3) is 2.79. The van der Waals surface area contributed by atoms with Crippen molar-refractivity contribution in [3.05, 3.63) is 16.3 Å². The van der Waals surface area contributed by atoms with Gasteiger partial charge in [0, 0.05) is 16.0 Å². The van der Waals surface area contributed by atoms with Gasteiger partial charge in [-0.25, -0.2) is 18.2 Å². The lowest BCUT2D eigenvalue weighted by Gasteiger charge is -2.40. The lowest BCUT2D eigenvalue weighted by atomic mass is 9.67. The fraction of sp³-hybridized carbons (Fsp3) is 0.600. The average molecular weight is 371 g/mol. The van der Waals surface area contributed by atoms with Crippen LogP contribution in [0.5, 0.6) is 0 Å². The summed E-state index contributed by atoms with van der Waals surface area (Å²) in [6, 6.07) is 0. The van der Waals surface area contributed by atoms with Crippen molar-refractivity contribution in [1.29, 1.82) is 0 Å². The van der Waals surface area contributed by atoms with Crippen molar-refractivity contribution in [2.24, 2.45) is 5.41 Å². The zero-order valence-electron chi connectivity index (χ0n) is 14.3. The minimum atomic E-state index is -3.63. The number of nitrogens with one attached hydrogen (secondary N) is 1. The third-order valence-corrected chi connectivity index (χ3v) is 6.25. The second-order valence-corrected chi connectivity index (χ2v) is 10.6. The molecule has 2 N–H and O–H groups in total. The molecule has 0 aromatic carbocycles. The summed E-state index contributed by atoms with van der Waals surface area (Å²) in [5, 5.41) is 9.39. The van der Waals surface area contributed by atoms with Crippen LogP contribution in [0.3, 0.4) is 0 Å². The number of nitrogens with zero attached hydrogens (tertiary/aromatic N) is 2. The Labute approximate surface area is 144 Å². The van der Waals surface area contributed by atoms with E-state index in [2.05, 4.69) is 37.4 Å². The van der Waals surface area contributed by atoms with Crippen LogP contribution in [-0.4, -0.2) is 35.1 Å². The molecule has 0 amide bonds. The molecule has 2 heterocycles. The zero-order chi connectivity index (χ0) is 18.1. The summed E-state index contributed by atoms with van der Waals surface area (Å²) in [7, 11) is -3.63. The highest BCUT2D eigenvalue weighted by molar-refractivity contribution is 7.92. The normalized spacial score (nSPS) is 19.2. The van der Waals surface area contributed by atoms with Gasteiger partial charge in [0.1, 0.15) is 0 Å². The molecule has 132 valence electrons. The molecular weight excluding hydrogens is 350 g/mol. The maximum atomic E-state index is 11.7. The van der Waals surface area contributed by atoms with Gasteiger partial charge in [-0.15, -0.1) is 11.3 Å². The number of hydrogen-bond acceptors (Lipinski definition) is 5. The lowest BCUT2D eigenvalue weighted by Crippen LogP contribution is -2.34. The van der Waals surface area contributed by atoms with E-state index in [0.29, 0.717) is 4.96 Å². The molecular formula is C15H21N3O4S2. The summed E-state index contributed by atoms with van der Waals surface area (Å²) in [6.45, 7) is 8.65. The van der Waals surface area contributed by atoms with Crippen LogP contribution in [0.4, 0.5) is 5.82 Å². The van der Waals surface area contributed by atoms with Crippen LogP contribution >= 0.6 is 11.3 Å². The number of imidazole rings is 1. The van der Waals surface area contributed by atoms with E-state index in [1.807, 2.05) is 0 Å². The van der Waals surface area contributed by atoms with Crippen LogP contribution in [0.15, 0.2) is 0 Å². The van der Waals surface area contributed by atoms with Gasteiger partial charge < -0.3 is 5.11 Å². The molecule has 0 atom stereocenters. The third-order valence-electron chi connectivity index (χ3n) is 4.24. The summed E-state index contributed by atoms with van der Waals surface area (Å²) >= 11 is 1.44. The number of carboxylic acid groups (broad SMARTS) is 1. The van der Waals surface area contributed by atoms with Crippen molar-refractivity contribution in [2.45, 2.75) is 46.0 Å². The second-order valence-electron chi connectivity index (χ2n) is 7.89. The molecule has 0 radical (unpaired) electrons. The molecule has 2 aromatic heterocycles. The number of sulfonamides is 1. The molecule has 1 aliphatic rings. The predicted octanol–water partition coefficient (Wildman–Crippen LogP) is 2.72. The number of carboxylic acids is 1. The van der Waals surface area contributed by atoms with Crippen molar-refractivity contribution in [3.8, 4) is 0 Å². The summed E-state index contributed by atoms with van der Waals surface area (Å²) in [6.07, 6.45) is 2.74. The molecule has 7 nitrogen and oxygen atoms in total. The maximum absolute atomic E-state index is 11.7. The van der Waals surface area contributed by atoms with Crippen molar-refractivity contribution in [2.75, 3.05) is 11.0 Å². The van der Waals surface area contributed by atoms with E-state index in [9.17, 15) is 18.3 Å². The fourth-order valence-corrected chi connectivity index (χ4v) is 5.65. The Morgan fingerprint density at radius 2 is 1.96 bits per heavy atom. The molecule has 0 aliphatic heterocycles. The van der Waals surface area contributed by atoms with E-state index in [4.69, 9.17) is 0 Å². The van der Waals surface area contributed by atoms with Crippen LogP contribution in [0.2, 0.25) is 0 Å². The standard InChI is InChI=1S/C15H21N3O4S2/c1-14(2)6-8-10(15(3,4)7-14)23-13-16-9(12(19)20)11(18(8)13)17-24(5,21)22/h17H,6-7H2,1-5H3,(H,19,20). The van der Waals surface area contributed by atoms with Crippen molar-refractivity contribution >= 4 is 38.1 Å². The van der Waals surface area contributed by atoms with E-state index >= 15 is 0 Å². The second kappa shape index (κ2) is 4.95. The number of hydrogen-bond donors (Lipinski definition) is 2. The van der Waals surface area contributed by atoms with Crippen LogP contribution < -0.4 is 4.72 Å². The zero-order valence-corrected chi connectivity index (χ0v) is 15.9. The summed E-state index contributed by atoms with van der Waals surface area (Å²) in [4.78, 5) is 17.3. The molecule has 3 rings (SSSR count). The summed E-state index contributed by atoms with van der Waals surface area (Å²) in [5.74, 6) is -1.23. The first-order valence-electron chi connectivity index (χ1n) is 7.56. The molecule has 0 spiro atoms. The quantitative estimate of drug-likeness (QED) is 0.864. The Morgan fingerprint density at radius 1 is 1.33 bits per heavy atom. The Balaban J connectivity index is 2.35. The van der Waals surface area contributed by atoms with Gasteiger partial charge in [-0.05, 0) is 18.3 Å². The van der Waals surface area contributed by atoms with Gasteiger partial charge >= 0.3 is 5.97 Å². The molecule has 0 saturated carbocycles. The topological polar surface area (TPSA) is 101 Å². The highest BCUT2D eigenvalue weighted by atomic mass is 32.2. The highest BCUT2D eigenvalue weighted by Gasteiger charge is 2.41. The molecule has 24 heavy (non-hydrogen) atoms. The van der Waals surface area contributed by atoms with Crippen molar-refractivity contribution in [1.82, 2.24) is 9.38 Å². The highest BCUT2D eigenvalue weighted by Crippen LogP contribution is 2.49. The minimum absolute atomic E-state index is 0.0194. The number of fused-ring (bicyclic) bond motifs is 3. The molecule has 0 bridgehead atoms. The number of anilines is 1. The molecule has 0 unspecified atom stereocenters. The van der Waals surface area contributed by atoms with E-state index in [1.165, 1.54) is 11.3 Å². The Hall–Kier alpha value is -1.61. The van der Waals surface area contributed by atoms with E-state index in [0.717, 1.165) is 29.7 Å². The first kappa shape index (κ1) is 17.2. The molecule has 0 saturated heterocycles. The van der Waals surface area contributed by atoms with Crippen molar-refractivity contribution < 1.29 is 18.3 Å². The van der Waals surface area contributed by atoms with Crippen LogP contribution in [0, 0.1) is 5.41 Å². The number of rotatable bonds is 3. The van der Waals surface area contributed by atoms with Gasteiger partial charge in [-0.1, -0.05) is 27.7 Å². The van der Waals surface area contributed by atoms with Crippen LogP contribution in [0.25, 0.3) is 4.96 Å². The molecule has 9 heteroatoms. The number of carbonyl (C=O) groups is 1. The van der Waals surface area contributed by atoms with Gasteiger partial charge in [-0.2, -0.15) is 0 Å². The fourth-order valence-electron chi connectivity index (χ4n) is 3.87. The first-order valence-corrected chi connectivity index (χ1v) is 10.3. The Bertz CT molecular complexity index is 951. The Morgan fingerprint density at radius 3 is 2.50 bits per heavy atom. The smallest absolute Gasteiger partial charge is 0.358 e. The van der Waals surface area contributed by atoms with Crippen LogP contribution in [-0.2, 0) is 21.9 Å². The summed E-state index contributed by atoms with van der Waals surface area (Å²) in [5.41, 5.74) is 0.632. The van der Waals surface area contributed by atoms with Crippen LogP contribution in [0.1, 0.15) is 55.2 Å².